The number of hydrogen-bond donors (Lipinski definition) is 0. The predicted octanol–water partition coefficient (Wildman–Crippen LogP) is 22.5. The molecule has 6 heteroatoms. The molecule has 0 aromatic carbocycles. The van der Waals surface area contributed by atoms with Crippen LogP contribution in [-0.4, -0.2) is 37.2 Å². The predicted molar refractivity (Wildman–Crippen MR) is 343 cm³/mol. The highest BCUT2D eigenvalue weighted by molar-refractivity contribution is 5.71. The quantitative estimate of drug-likeness (QED) is 0.0261. The van der Waals surface area contributed by atoms with E-state index in [1.54, 1.807) is 0 Å². The smallest absolute Gasteiger partial charge is 0.306 e. The van der Waals surface area contributed by atoms with E-state index in [-0.39, 0.29) is 37.5 Å². The maximum absolute atomic E-state index is 12.9. The van der Waals surface area contributed by atoms with E-state index in [2.05, 4.69) is 154 Å². The van der Waals surface area contributed by atoms with E-state index < -0.39 is 6.10 Å². The molecule has 0 aliphatic heterocycles. The van der Waals surface area contributed by atoms with Crippen LogP contribution in [0.4, 0.5) is 0 Å². The Bertz CT molecular complexity index is 1680. The van der Waals surface area contributed by atoms with Gasteiger partial charge in [0.2, 0.25) is 0 Å². The molecule has 0 saturated heterocycles. The van der Waals surface area contributed by atoms with Crippen molar-refractivity contribution in [3.63, 3.8) is 0 Å². The van der Waals surface area contributed by atoms with Gasteiger partial charge in [0, 0.05) is 19.3 Å². The van der Waals surface area contributed by atoms with Crippen LogP contribution in [0.25, 0.3) is 0 Å². The number of rotatable bonds is 58. The van der Waals surface area contributed by atoms with E-state index in [0.29, 0.717) is 12.8 Å². The zero-order valence-corrected chi connectivity index (χ0v) is 51.3. The zero-order chi connectivity index (χ0) is 57.1. The topological polar surface area (TPSA) is 78.9 Å². The molecule has 0 saturated carbocycles. The van der Waals surface area contributed by atoms with Crippen LogP contribution in [-0.2, 0) is 28.6 Å². The van der Waals surface area contributed by atoms with E-state index in [9.17, 15) is 14.4 Å². The highest BCUT2D eigenvalue weighted by Crippen LogP contribution is 2.16. The van der Waals surface area contributed by atoms with Gasteiger partial charge in [0.15, 0.2) is 6.10 Å². The van der Waals surface area contributed by atoms with Gasteiger partial charge in [-0.1, -0.05) is 289 Å². The Kier molecular flexibility index (Phi) is 62.3. The molecule has 0 aromatic heterocycles. The van der Waals surface area contributed by atoms with Gasteiger partial charge in [-0.25, -0.2) is 0 Å². The third-order valence-corrected chi connectivity index (χ3v) is 13.7. The van der Waals surface area contributed by atoms with E-state index in [4.69, 9.17) is 14.2 Å². The number of allylic oxidation sites excluding steroid dienone is 22. The molecule has 448 valence electrons. The van der Waals surface area contributed by atoms with Crippen molar-refractivity contribution < 1.29 is 28.6 Å². The van der Waals surface area contributed by atoms with Gasteiger partial charge in [-0.2, -0.15) is 0 Å². The van der Waals surface area contributed by atoms with Crippen LogP contribution >= 0.6 is 0 Å². The lowest BCUT2D eigenvalue weighted by molar-refractivity contribution is -0.167. The van der Waals surface area contributed by atoms with Gasteiger partial charge in [-0.3, -0.25) is 14.4 Å². The van der Waals surface area contributed by atoms with E-state index >= 15 is 0 Å². The molecule has 0 rings (SSSR count). The van der Waals surface area contributed by atoms with Crippen molar-refractivity contribution in [2.24, 2.45) is 0 Å². The number of hydrogen-bond acceptors (Lipinski definition) is 6. The number of carbonyl (C=O) groups is 3. The summed E-state index contributed by atoms with van der Waals surface area (Å²) in [6.07, 6.45) is 93.5. The van der Waals surface area contributed by atoms with Crippen molar-refractivity contribution in [1.29, 1.82) is 0 Å². The Morgan fingerprint density at radius 1 is 0.266 bits per heavy atom. The van der Waals surface area contributed by atoms with E-state index in [1.165, 1.54) is 116 Å². The van der Waals surface area contributed by atoms with Crippen molar-refractivity contribution in [3.05, 3.63) is 134 Å². The molecule has 0 heterocycles. The van der Waals surface area contributed by atoms with Gasteiger partial charge in [0.1, 0.15) is 13.2 Å². The molecular weight excluding hydrogens is 973 g/mol. The van der Waals surface area contributed by atoms with E-state index in [0.717, 1.165) is 135 Å². The first-order valence-electron chi connectivity index (χ1n) is 32.7. The van der Waals surface area contributed by atoms with Crippen LogP contribution in [0.1, 0.15) is 290 Å². The monoisotopic (exact) mass is 1090 g/mol. The average molecular weight is 1090 g/mol. The van der Waals surface area contributed by atoms with Crippen LogP contribution in [0.3, 0.4) is 0 Å². The fourth-order valence-electron chi connectivity index (χ4n) is 8.83. The van der Waals surface area contributed by atoms with Gasteiger partial charge in [-0.05, 0) is 116 Å². The number of ether oxygens (including phenoxy) is 3. The minimum atomic E-state index is -0.797. The minimum absolute atomic E-state index is 0.0927. The maximum Gasteiger partial charge on any atom is 0.306 e. The first-order chi connectivity index (χ1) is 39.0. The summed E-state index contributed by atoms with van der Waals surface area (Å²) < 4.78 is 16.8. The number of carbonyl (C=O) groups excluding carboxylic acids is 3. The second-order valence-electron chi connectivity index (χ2n) is 21.3. The molecule has 0 aromatic rings. The molecular formula is C73H120O6. The highest BCUT2D eigenvalue weighted by atomic mass is 16.6. The Morgan fingerprint density at radius 3 is 0.785 bits per heavy atom. The summed E-state index contributed by atoms with van der Waals surface area (Å²) in [5.41, 5.74) is 0. The third-order valence-electron chi connectivity index (χ3n) is 13.7. The van der Waals surface area contributed by atoms with Gasteiger partial charge in [0.25, 0.3) is 0 Å². The first kappa shape index (κ1) is 74.5. The van der Waals surface area contributed by atoms with Crippen molar-refractivity contribution >= 4 is 17.9 Å². The summed E-state index contributed by atoms with van der Waals surface area (Å²) in [5, 5.41) is 0. The molecule has 0 N–H and O–H groups in total. The van der Waals surface area contributed by atoms with Crippen molar-refractivity contribution in [2.45, 2.75) is 297 Å². The lowest BCUT2D eigenvalue weighted by atomic mass is 10.0. The number of unbranched alkanes of at least 4 members (excludes halogenated alkanes) is 25. The van der Waals surface area contributed by atoms with Crippen LogP contribution in [0.5, 0.6) is 0 Å². The Morgan fingerprint density at radius 2 is 0.494 bits per heavy atom. The SMILES string of the molecule is CC/C=C\C/C=C\C/C=C\C/C=C\C/C=C\C/C=C\C/C=C\CCCCCC(=O)OC(COC(=O)CCCCCCCCC)COC(=O)CCCCCCCCCCCCCCCCCC/C=C\C/C=C\C/C=C\C/C=C\CC. The van der Waals surface area contributed by atoms with Gasteiger partial charge in [0.05, 0.1) is 0 Å². The second kappa shape index (κ2) is 66.1. The van der Waals surface area contributed by atoms with Crippen LogP contribution < -0.4 is 0 Å². The Labute approximate surface area is 487 Å². The second-order valence-corrected chi connectivity index (χ2v) is 21.3. The molecule has 0 bridgehead atoms. The lowest BCUT2D eigenvalue weighted by Crippen LogP contribution is -2.30. The normalized spacial score (nSPS) is 13.0. The molecule has 0 radical (unpaired) electrons. The van der Waals surface area contributed by atoms with Gasteiger partial charge < -0.3 is 14.2 Å². The number of esters is 3. The van der Waals surface area contributed by atoms with Crippen molar-refractivity contribution in [1.82, 2.24) is 0 Å². The summed E-state index contributed by atoms with van der Waals surface area (Å²) in [7, 11) is 0. The minimum Gasteiger partial charge on any atom is -0.462 e. The summed E-state index contributed by atoms with van der Waals surface area (Å²) in [5.74, 6) is -0.929. The largest absolute Gasteiger partial charge is 0.462 e. The molecule has 0 fully saturated rings. The van der Waals surface area contributed by atoms with Gasteiger partial charge >= 0.3 is 17.9 Å². The van der Waals surface area contributed by atoms with Gasteiger partial charge in [-0.15, -0.1) is 0 Å². The highest BCUT2D eigenvalue weighted by Gasteiger charge is 2.19. The molecule has 6 nitrogen and oxygen atoms in total. The summed E-state index contributed by atoms with van der Waals surface area (Å²) >= 11 is 0. The fourth-order valence-corrected chi connectivity index (χ4v) is 8.83. The molecule has 0 amide bonds. The van der Waals surface area contributed by atoms with E-state index in [1.807, 2.05) is 0 Å². The molecule has 0 aliphatic carbocycles. The standard InChI is InChI=1S/C73H120O6/c1-4-7-10-13-16-18-20-22-24-26-28-30-32-34-35-36-37-39-40-42-44-46-48-50-52-54-57-60-63-66-72(75)78-69-70(68-77-71(74)65-62-59-56-15-12-9-6-3)79-73(76)67-64-61-58-55-53-51-49-47-45-43-41-38-33-31-29-27-25-23-21-19-17-14-11-8-5-2/h7-8,10-11,16-19,22-25,28-31,38,41,45,47,51,53,70H,4-6,9,12-15,20-21,26-27,32-37,39-40,42-44,46,48-50,52,54-69H2,1-3H3/b10-7-,11-8-,18-16-,19-17-,24-22-,25-23-,30-28-,31-29-,41-38-,47-45-,53-51-. The molecule has 1 atom stereocenters. The van der Waals surface area contributed by atoms with Crippen LogP contribution in [0.15, 0.2) is 134 Å². The Balaban J connectivity index is 4.18. The molecule has 0 spiro atoms. The maximum atomic E-state index is 12.9. The van der Waals surface area contributed by atoms with Crippen molar-refractivity contribution in [2.75, 3.05) is 13.2 Å². The van der Waals surface area contributed by atoms with Crippen LogP contribution in [0, 0.1) is 0 Å². The lowest BCUT2D eigenvalue weighted by Gasteiger charge is -2.18. The van der Waals surface area contributed by atoms with Crippen molar-refractivity contribution in [3.8, 4) is 0 Å². The summed E-state index contributed by atoms with van der Waals surface area (Å²) in [6, 6.07) is 0. The molecule has 1 unspecified atom stereocenters. The molecule has 79 heavy (non-hydrogen) atoms. The Hall–Kier alpha value is -4.45. The zero-order valence-electron chi connectivity index (χ0n) is 51.3. The van der Waals surface area contributed by atoms with Crippen LogP contribution in [0.2, 0.25) is 0 Å². The summed E-state index contributed by atoms with van der Waals surface area (Å²) in [4.78, 5) is 38.1. The fraction of sp³-hybridized carbons (Fsp3) is 0.658. The molecule has 0 aliphatic rings. The first-order valence-corrected chi connectivity index (χ1v) is 32.7. The third kappa shape index (κ3) is 64.3. The average Bonchev–Trinajstić information content (AvgIpc) is 3.45. The summed E-state index contributed by atoms with van der Waals surface area (Å²) in [6.45, 7) is 6.35.